The Morgan fingerprint density at radius 2 is 1.76 bits per heavy atom. The number of hydrogen-bond acceptors (Lipinski definition) is 5. The summed E-state index contributed by atoms with van der Waals surface area (Å²) in [5.41, 5.74) is 5.16. The van der Waals surface area contributed by atoms with Crippen LogP contribution in [0.2, 0.25) is 0 Å². The minimum Gasteiger partial charge on any atom is -0.324 e. The summed E-state index contributed by atoms with van der Waals surface area (Å²) < 4.78 is 25.9. The number of pyridine rings is 1. The highest BCUT2D eigenvalue weighted by molar-refractivity contribution is 5.92. The second kappa shape index (κ2) is 9.46. The standard InChI is InChI=1S/C25H22F2N6O/c26-25(27)33-15-17(10-31-33)7-23-29-12-21(13-30-23)19-3-1-16(2-4-19)8-24(34)32-22-9-20(11-28-14-22)18-5-6-18/h1-4,9-15,18,25H,5-8H2,(H,32,34). The van der Waals surface area contributed by atoms with Gasteiger partial charge >= 0.3 is 6.55 Å². The van der Waals surface area contributed by atoms with Crippen molar-refractivity contribution in [1.82, 2.24) is 24.7 Å². The van der Waals surface area contributed by atoms with Crippen LogP contribution in [-0.2, 0) is 17.6 Å². The molecule has 1 saturated carbocycles. The molecule has 4 aromatic rings. The van der Waals surface area contributed by atoms with E-state index in [0.29, 0.717) is 28.4 Å². The molecule has 0 atom stereocenters. The van der Waals surface area contributed by atoms with Crippen LogP contribution in [0.5, 0.6) is 0 Å². The van der Waals surface area contributed by atoms with Crippen LogP contribution in [0.3, 0.4) is 0 Å². The van der Waals surface area contributed by atoms with Crippen molar-refractivity contribution in [2.24, 2.45) is 0 Å². The van der Waals surface area contributed by atoms with E-state index in [-0.39, 0.29) is 12.3 Å². The van der Waals surface area contributed by atoms with Gasteiger partial charge in [0.2, 0.25) is 5.91 Å². The SMILES string of the molecule is O=C(Cc1ccc(-c2cnc(Cc3cnn(C(F)F)c3)nc2)cc1)Nc1cncc(C2CC2)c1. The number of anilines is 1. The first kappa shape index (κ1) is 21.8. The lowest BCUT2D eigenvalue weighted by atomic mass is 10.0. The maximum atomic E-state index is 12.6. The summed E-state index contributed by atoms with van der Waals surface area (Å²) in [5.74, 6) is 1.01. The highest BCUT2D eigenvalue weighted by Gasteiger charge is 2.24. The van der Waals surface area contributed by atoms with Crippen molar-refractivity contribution in [2.75, 3.05) is 5.32 Å². The second-order valence-corrected chi connectivity index (χ2v) is 8.37. The van der Waals surface area contributed by atoms with Gasteiger partial charge in [0.05, 0.1) is 24.5 Å². The molecule has 0 radical (unpaired) electrons. The van der Waals surface area contributed by atoms with Crippen LogP contribution in [0.15, 0.2) is 67.5 Å². The quantitative estimate of drug-likeness (QED) is 0.409. The maximum absolute atomic E-state index is 12.6. The molecule has 5 rings (SSSR count). The van der Waals surface area contributed by atoms with Crippen LogP contribution in [0.4, 0.5) is 14.5 Å². The lowest BCUT2D eigenvalue weighted by Crippen LogP contribution is -2.14. The Hall–Kier alpha value is -4.01. The van der Waals surface area contributed by atoms with E-state index in [0.717, 1.165) is 22.4 Å². The lowest BCUT2D eigenvalue weighted by Gasteiger charge is -2.08. The number of carbonyl (C=O) groups is 1. The largest absolute Gasteiger partial charge is 0.333 e. The predicted molar refractivity (Wildman–Crippen MR) is 122 cm³/mol. The molecule has 172 valence electrons. The first-order valence-electron chi connectivity index (χ1n) is 11.0. The third-order valence-corrected chi connectivity index (χ3v) is 5.67. The number of alkyl halides is 2. The minimum atomic E-state index is -2.67. The van der Waals surface area contributed by atoms with Crippen molar-refractivity contribution in [3.63, 3.8) is 0 Å². The van der Waals surface area contributed by atoms with Crippen LogP contribution in [-0.4, -0.2) is 30.6 Å². The number of benzene rings is 1. The van der Waals surface area contributed by atoms with Crippen LogP contribution in [0.25, 0.3) is 11.1 Å². The van der Waals surface area contributed by atoms with E-state index < -0.39 is 6.55 Å². The van der Waals surface area contributed by atoms with Gasteiger partial charge in [-0.25, -0.2) is 14.6 Å². The molecular formula is C25H22F2N6O. The number of amides is 1. The van der Waals surface area contributed by atoms with Crippen molar-refractivity contribution >= 4 is 11.6 Å². The van der Waals surface area contributed by atoms with E-state index in [1.54, 1.807) is 18.6 Å². The number of aromatic nitrogens is 5. The van der Waals surface area contributed by atoms with E-state index in [1.165, 1.54) is 30.8 Å². The Bertz CT molecular complexity index is 1280. The van der Waals surface area contributed by atoms with Gasteiger partial charge < -0.3 is 5.32 Å². The van der Waals surface area contributed by atoms with E-state index in [1.807, 2.05) is 36.5 Å². The third-order valence-electron chi connectivity index (χ3n) is 5.67. The van der Waals surface area contributed by atoms with E-state index in [4.69, 9.17) is 0 Å². The van der Waals surface area contributed by atoms with Crippen LogP contribution >= 0.6 is 0 Å². The number of hydrogen-bond donors (Lipinski definition) is 1. The molecule has 1 aromatic carbocycles. The molecule has 3 aromatic heterocycles. The first-order chi connectivity index (χ1) is 16.5. The molecule has 1 aliphatic carbocycles. The van der Waals surface area contributed by atoms with Crippen molar-refractivity contribution in [2.45, 2.75) is 38.2 Å². The Morgan fingerprint density at radius 3 is 2.44 bits per heavy atom. The van der Waals surface area contributed by atoms with E-state index in [9.17, 15) is 13.6 Å². The van der Waals surface area contributed by atoms with Gasteiger partial charge in [0.15, 0.2) is 0 Å². The average Bonchev–Trinajstić information content (AvgIpc) is 3.59. The normalized spacial score (nSPS) is 13.3. The molecule has 0 aliphatic heterocycles. The number of rotatable bonds is 8. The molecule has 3 heterocycles. The summed E-state index contributed by atoms with van der Waals surface area (Å²) in [6.45, 7) is -2.67. The molecule has 1 fully saturated rings. The van der Waals surface area contributed by atoms with Crippen molar-refractivity contribution < 1.29 is 13.6 Å². The average molecular weight is 460 g/mol. The summed E-state index contributed by atoms with van der Waals surface area (Å²) in [7, 11) is 0. The fourth-order valence-electron chi connectivity index (χ4n) is 3.72. The Morgan fingerprint density at radius 1 is 1.00 bits per heavy atom. The number of carbonyl (C=O) groups excluding carboxylic acids is 1. The number of nitrogens with one attached hydrogen (secondary N) is 1. The molecule has 7 nitrogen and oxygen atoms in total. The Balaban J connectivity index is 1.18. The van der Waals surface area contributed by atoms with Crippen LogP contribution in [0.1, 0.15) is 47.8 Å². The second-order valence-electron chi connectivity index (χ2n) is 8.37. The zero-order valence-corrected chi connectivity index (χ0v) is 18.2. The van der Waals surface area contributed by atoms with Gasteiger partial charge in [-0.15, -0.1) is 0 Å². The molecule has 0 saturated heterocycles. The highest BCUT2D eigenvalue weighted by atomic mass is 19.3. The Labute approximate surface area is 194 Å². The molecule has 0 unspecified atom stereocenters. The van der Waals surface area contributed by atoms with Crippen molar-refractivity contribution in [3.05, 3.63) is 90.0 Å². The summed E-state index contributed by atoms with van der Waals surface area (Å²) in [6, 6.07) is 9.65. The van der Waals surface area contributed by atoms with Gasteiger partial charge in [-0.3, -0.25) is 9.78 Å². The summed E-state index contributed by atoms with van der Waals surface area (Å²) in [6.07, 6.45) is 12.6. The topological polar surface area (TPSA) is 85.6 Å². The third kappa shape index (κ3) is 5.31. The van der Waals surface area contributed by atoms with Crippen LogP contribution in [0, 0.1) is 0 Å². The predicted octanol–water partition coefficient (Wildman–Crippen LogP) is 4.78. The molecule has 1 N–H and O–H groups in total. The van der Waals surface area contributed by atoms with E-state index in [2.05, 4.69) is 25.4 Å². The molecule has 0 bridgehead atoms. The summed E-state index contributed by atoms with van der Waals surface area (Å²) in [4.78, 5) is 25.4. The van der Waals surface area contributed by atoms with Crippen molar-refractivity contribution in [3.8, 4) is 11.1 Å². The highest BCUT2D eigenvalue weighted by Crippen LogP contribution is 2.40. The maximum Gasteiger partial charge on any atom is 0.333 e. The van der Waals surface area contributed by atoms with Gasteiger partial charge in [0.25, 0.3) is 0 Å². The molecular weight excluding hydrogens is 438 g/mol. The number of halogens is 2. The van der Waals surface area contributed by atoms with E-state index >= 15 is 0 Å². The van der Waals surface area contributed by atoms with Crippen molar-refractivity contribution in [1.29, 1.82) is 0 Å². The van der Waals surface area contributed by atoms with Gasteiger partial charge in [0, 0.05) is 36.8 Å². The first-order valence-corrected chi connectivity index (χ1v) is 11.0. The molecule has 34 heavy (non-hydrogen) atoms. The zero-order valence-electron chi connectivity index (χ0n) is 18.2. The van der Waals surface area contributed by atoms with Gasteiger partial charge in [-0.2, -0.15) is 13.9 Å². The molecule has 1 amide bonds. The summed E-state index contributed by atoms with van der Waals surface area (Å²) >= 11 is 0. The van der Waals surface area contributed by atoms with Gasteiger partial charge in [-0.1, -0.05) is 24.3 Å². The monoisotopic (exact) mass is 460 g/mol. The Kier molecular flexibility index (Phi) is 6.07. The molecule has 9 heteroatoms. The van der Waals surface area contributed by atoms with Crippen LogP contribution < -0.4 is 5.32 Å². The van der Waals surface area contributed by atoms with Gasteiger partial charge in [0.1, 0.15) is 5.82 Å². The fourth-order valence-corrected chi connectivity index (χ4v) is 3.72. The van der Waals surface area contributed by atoms with Gasteiger partial charge in [-0.05, 0) is 47.1 Å². The lowest BCUT2D eigenvalue weighted by molar-refractivity contribution is -0.115. The molecule has 1 aliphatic rings. The summed E-state index contributed by atoms with van der Waals surface area (Å²) in [5, 5.41) is 6.55. The zero-order chi connectivity index (χ0) is 23.5. The fraction of sp³-hybridized carbons (Fsp3) is 0.240. The minimum absolute atomic E-state index is 0.0923. The smallest absolute Gasteiger partial charge is 0.324 e. The molecule has 0 spiro atoms. The number of nitrogens with zero attached hydrogens (tertiary/aromatic N) is 5.